The molecule has 0 radical (unpaired) electrons. The lowest BCUT2D eigenvalue weighted by atomic mass is 9.41. The van der Waals surface area contributed by atoms with Crippen LogP contribution in [0.1, 0.15) is 142 Å². The van der Waals surface area contributed by atoms with E-state index in [0.717, 1.165) is 39.9 Å². The molecule has 1 heterocycles. The number of rotatable bonds is 24. The Morgan fingerprint density at radius 3 is 2.20 bits per heavy atom. The second-order valence-corrected chi connectivity index (χ2v) is 33.8. The number of carboxylic acid groups (broad SMARTS) is 1. The van der Waals surface area contributed by atoms with Crippen molar-refractivity contribution in [2.45, 2.75) is 159 Å². The maximum absolute atomic E-state index is 15.3. The Balaban J connectivity index is 0.769. The minimum absolute atomic E-state index is 0.0237. The number of fused-ring (bicyclic) bond motifs is 7. The third-order valence-corrected chi connectivity index (χ3v) is 27.7. The first kappa shape index (κ1) is 71.2. The number of ketones is 2. The van der Waals surface area contributed by atoms with Crippen LogP contribution in [0.5, 0.6) is 0 Å². The molecule has 20 heteroatoms. The number of aliphatic hydroxyl groups excluding tert-OH is 3. The standard InChI is InChI=1S/C76H91N3O15SSi/c1-45-58(44-76(91)69(93-71(89)48-24-16-12-17-25-48)67-74(5,68(86)66(85)64(45)73(76,3)4)61(82)40-49-33-35-75(49,67)94-46(2)80)92-72(90)65(84)57(47-22-14-11-15-23-47)43-52(81)26-18-13-21-36-77-62(83)34-37-95-38-39-96(10)59-41-50(78(6)7)29-31-55(59)63(53-27-19-20-28-54(53)70(87)88)56-32-30-51(79(8)9)42-60(56)96/h11-12,14-17,19-20,22-25,27-32,41-42,49,57-58,61,65-67,69,82,84-85,91H,13,18,21,26,33-40,43-44H2,1-10H3,(H-,77,83,87,88)/p+1/t49-,57+,58+,61+,65-,66-,67?,69?,74-,75+,76-/m1/s1. The van der Waals surface area contributed by atoms with Crippen molar-refractivity contribution in [3.8, 4) is 0 Å². The lowest BCUT2D eigenvalue weighted by molar-refractivity contribution is -0.462. The van der Waals surface area contributed by atoms with Gasteiger partial charge in [0.15, 0.2) is 17.6 Å². The Labute approximate surface area is 567 Å². The van der Waals surface area contributed by atoms with Gasteiger partial charge in [-0.05, 0) is 144 Å². The van der Waals surface area contributed by atoms with Crippen molar-refractivity contribution in [2.75, 3.05) is 51.1 Å². The molecule has 5 aliphatic carbocycles. The number of hydrogen-bond donors (Lipinski definition) is 6. The smallest absolute Gasteiger partial charge is 0.338 e. The molecule has 3 fully saturated rings. The Bertz CT molecular complexity index is 3880. The number of benzene rings is 4. The number of carbonyl (C=O) groups excluding carboxylic acids is 6. The minimum Gasteiger partial charge on any atom is -0.478 e. The van der Waals surface area contributed by atoms with Crippen LogP contribution < -0.4 is 15.4 Å². The summed E-state index contributed by atoms with van der Waals surface area (Å²) in [6, 6.07) is 31.2. The van der Waals surface area contributed by atoms with Gasteiger partial charge >= 0.3 is 23.9 Å². The summed E-state index contributed by atoms with van der Waals surface area (Å²) in [5.41, 5.74) is -0.602. The molecule has 0 saturated heterocycles. The molecule has 4 aromatic carbocycles. The fourth-order valence-electron chi connectivity index (χ4n) is 16.3. The largest absolute Gasteiger partial charge is 0.478 e. The van der Waals surface area contributed by atoms with Crippen LogP contribution in [-0.2, 0) is 38.2 Å². The average Bonchev–Trinajstić information content (AvgIpc) is 0.671. The lowest BCUT2D eigenvalue weighted by Crippen LogP contribution is -2.78. The van der Waals surface area contributed by atoms with E-state index in [4.69, 9.17) is 14.2 Å². The number of anilines is 1. The SMILES string of the molecule is CC(=O)O[C@@]12CC[C@@H]1C[C@H](O)[C@@]1(C)C(=O)[C@H](O)C3=C(C)[C@@H](OC(=O)[C@H](O)[C@@H](CC(=O)CCCCCNC(=O)CCSCC[Si]4(C)C5=CC(=[N+](C)C)C=CC5=C(c5ccccc5C(=O)O)c5ccc(N(C)C)cc54)c4ccccc4)C[C@@](O)(C(OC(=O)c4ccccc4)C12)C3(C)C. The van der Waals surface area contributed by atoms with Crippen molar-refractivity contribution in [1.29, 1.82) is 0 Å². The van der Waals surface area contributed by atoms with Gasteiger partial charge in [-0.15, -0.1) is 0 Å². The number of carboxylic acids is 1. The first-order chi connectivity index (χ1) is 45.5. The van der Waals surface area contributed by atoms with Crippen LogP contribution in [0, 0.1) is 22.7 Å². The van der Waals surface area contributed by atoms with Crippen LogP contribution >= 0.6 is 11.8 Å². The first-order valence-electron chi connectivity index (χ1n) is 33.4. The van der Waals surface area contributed by atoms with Gasteiger partial charge in [0.05, 0.1) is 28.6 Å². The number of aliphatic hydroxyl groups is 4. The number of unbranched alkanes of at least 4 members (excludes halogenated alkanes) is 2. The highest BCUT2D eigenvalue weighted by Crippen LogP contribution is 2.67. The zero-order valence-electron chi connectivity index (χ0n) is 56.7. The second kappa shape index (κ2) is 28.5. The number of Topliss-reactive ketones (excluding diaryl/α,β-unsaturated/α-hetero) is 2. The van der Waals surface area contributed by atoms with E-state index < -0.39 is 114 Å². The molecule has 510 valence electrons. The van der Waals surface area contributed by atoms with Gasteiger partial charge in [-0.3, -0.25) is 19.2 Å². The third kappa shape index (κ3) is 13.2. The van der Waals surface area contributed by atoms with E-state index in [-0.39, 0.29) is 59.6 Å². The molecule has 10 rings (SSSR count). The van der Waals surface area contributed by atoms with Gasteiger partial charge in [-0.1, -0.05) is 99.6 Å². The zero-order valence-corrected chi connectivity index (χ0v) is 58.5. The quantitative estimate of drug-likeness (QED) is 0.00955. The van der Waals surface area contributed by atoms with Gasteiger partial charge < -0.3 is 50.0 Å². The Morgan fingerprint density at radius 1 is 0.854 bits per heavy atom. The molecule has 0 aromatic heterocycles. The van der Waals surface area contributed by atoms with Gasteiger partial charge in [0.2, 0.25) is 5.91 Å². The molecule has 4 aromatic rings. The van der Waals surface area contributed by atoms with Crippen molar-refractivity contribution in [1.82, 2.24) is 5.32 Å². The zero-order chi connectivity index (χ0) is 69.4. The van der Waals surface area contributed by atoms with E-state index >= 15 is 4.79 Å². The van der Waals surface area contributed by atoms with E-state index in [1.807, 2.05) is 40.3 Å². The molecule has 1 amide bonds. The van der Waals surface area contributed by atoms with Crippen LogP contribution in [0.4, 0.5) is 5.69 Å². The number of nitrogens with zero attached hydrogens (tertiary/aromatic N) is 2. The van der Waals surface area contributed by atoms with Crippen LogP contribution in [0.15, 0.2) is 143 Å². The van der Waals surface area contributed by atoms with E-state index in [1.54, 1.807) is 93.2 Å². The topological polar surface area (TPSA) is 267 Å². The van der Waals surface area contributed by atoms with E-state index in [0.29, 0.717) is 55.5 Å². The summed E-state index contributed by atoms with van der Waals surface area (Å²) in [6.45, 7) is 10.2. The maximum atomic E-state index is 15.3. The fraction of sp³-hybridized carbons (Fsp3) is 0.474. The van der Waals surface area contributed by atoms with E-state index in [9.17, 15) is 54.3 Å². The second-order valence-electron chi connectivity index (χ2n) is 28.3. The van der Waals surface area contributed by atoms with Crippen molar-refractivity contribution >= 4 is 83.3 Å². The average molecular weight is 1350 g/mol. The first-order valence-corrected chi connectivity index (χ1v) is 37.3. The number of amides is 1. The predicted octanol–water partition coefficient (Wildman–Crippen LogP) is 8.86. The van der Waals surface area contributed by atoms with Crippen LogP contribution in [-0.4, -0.2) is 173 Å². The van der Waals surface area contributed by atoms with Crippen molar-refractivity contribution in [3.63, 3.8) is 0 Å². The molecule has 2 bridgehead atoms. The molecule has 6 aliphatic rings. The molecule has 18 nitrogen and oxygen atoms in total. The molecule has 3 unspecified atom stereocenters. The number of esters is 3. The Morgan fingerprint density at radius 2 is 1.54 bits per heavy atom. The van der Waals surface area contributed by atoms with E-state index in [2.05, 4.69) is 57.8 Å². The van der Waals surface area contributed by atoms with Gasteiger partial charge in [-0.25, -0.2) is 19.0 Å². The molecular weight excluding hydrogens is 1250 g/mol. The van der Waals surface area contributed by atoms with Crippen LogP contribution in [0.25, 0.3) is 5.57 Å². The number of hydrogen-bond acceptors (Lipinski definition) is 16. The Hall–Kier alpha value is -7.59. The fourth-order valence-corrected chi connectivity index (χ4v) is 22.5. The lowest BCUT2D eigenvalue weighted by Gasteiger charge is -2.68. The van der Waals surface area contributed by atoms with Gasteiger partial charge in [-0.2, -0.15) is 11.8 Å². The number of aromatic carboxylic acids is 1. The molecule has 1 aliphatic heterocycles. The number of thioether (sulfide) groups is 1. The highest BCUT2D eigenvalue weighted by Gasteiger charge is 2.77. The third-order valence-electron chi connectivity index (χ3n) is 21.9. The predicted molar refractivity (Wildman–Crippen MR) is 371 cm³/mol. The Kier molecular flexibility index (Phi) is 21.1. The summed E-state index contributed by atoms with van der Waals surface area (Å²) < 4.78 is 21.0. The normalized spacial score (nSPS) is 27.5. The minimum atomic E-state index is -2.52. The molecular formula is C76H92N3O15SSi+. The molecule has 12 atom stereocenters. The molecule has 96 heavy (non-hydrogen) atoms. The van der Waals surface area contributed by atoms with Crippen molar-refractivity contribution in [2.24, 2.45) is 22.7 Å². The summed E-state index contributed by atoms with van der Waals surface area (Å²) in [6.07, 6.45) is 0.153. The van der Waals surface area contributed by atoms with Crippen LogP contribution in [0.3, 0.4) is 0 Å². The van der Waals surface area contributed by atoms with Gasteiger partial charge in [0.1, 0.15) is 57.5 Å². The maximum Gasteiger partial charge on any atom is 0.338 e. The molecule has 6 N–H and O–H groups in total. The number of nitrogens with one attached hydrogen (secondary N) is 1. The summed E-state index contributed by atoms with van der Waals surface area (Å²) in [5.74, 6) is -6.44. The van der Waals surface area contributed by atoms with Crippen molar-refractivity contribution < 1.29 is 77.9 Å². The van der Waals surface area contributed by atoms with Crippen molar-refractivity contribution in [3.05, 3.63) is 171 Å². The van der Waals surface area contributed by atoms with Gasteiger partial charge in [0, 0.05) is 94.1 Å². The molecule has 3 saturated carbocycles. The molecule has 0 spiro atoms. The van der Waals surface area contributed by atoms with E-state index in [1.165, 1.54) is 36.4 Å². The summed E-state index contributed by atoms with van der Waals surface area (Å²) in [5, 5.41) is 66.3. The summed E-state index contributed by atoms with van der Waals surface area (Å²) in [4.78, 5) is 99.3. The highest BCUT2D eigenvalue weighted by atomic mass is 32.2. The monoisotopic (exact) mass is 1350 g/mol. The number of carbonyl (C=O) groups is 7. The summed E-state index contributed by atoms with van der Waals surface area (Å²) >= 11 is 1.74. The van der Waals surface area contributed by atoms with Crippen LogP contribution in [0.2, 0.25) is 12.6 Å². The number of ether oxygens (including phenoxy) is 3. The highest BCUT2D eigenvalue weighted by molar-refractivity contribution is 7.99. The number of allylic oxidation sites excluding steroid dienone is 5. The summed E-state index contributed by atoms with van der Waals surface area (Å²) in [7, 11) is 5.57. The van der Waals surface area contributed by atoms with Gasteiger partial charge in [0.25, 0.3) is 0 Å².